The molecule has 12 aromatic rings. The number of carboxylic acid groups (broad SMARTS) is 1. The molecule has 520 valence electrons. The van der Waals surface area contributed by atoms with Crippen molar-refractivity contribution >= 4 is 91.7 Å². The molecule has 0 aliphatic rings. The zero-order chi connectivity index (χ0) is 69.7. The monoisotopic (exact) mass is 1440 g/mol. The Morgan fingerprint density at radius 1 is 0.455 bits per heavy atom. The van der Waals surface area contributed by atoms with E-state index in [4.69, 9.17) is 69.3 Å². The summed E-state index contributed by atoms with van der Waals surface area (Å²) in [6.07, 6.45) is 5.59. The topological polar surface area (TPSA) is 306 Å². The molecule has 0 amide bonds. The van der Waals surface area contributed by atoms with Crippen LogP contribution in [0.2, 0.25) is 0 Å². The Hall–Kier alpha value is -9.40. The van der Waals surface area contributed by atoms with Crippen molar-refractivity contribution in [2.24, 2.45) is 17.2 Å². The van der Waals surface area contributed by atoms with E-state index in [-0.39, 0.29) is 67.9 Å². The van der Waals surface area contributed by atoms with Crippen LogP contribution in [-0.4, -0.2) is 58.9 Å². The Labute approximate surface area is 613 Å². The molecular weight excluding hydrogens is 1360 g/mol. The van der Waals surface area contributed by atoms with E-state index >= 15 is 0 Å². The van der Waals surface area contributed by atoms with E-state index in [0.717, 1.165) is 121 Å². The zero-order valence-corrected chi connectivity index (χ0v) is 59.6. The average molecular weight is 1450 g/mol. The summed E-state index contributed by atoms with van der Waals surface area (Å²) >= 11 is 3.54. The third kappa shape index (κ3) is 22.0. The molecule has 101 heavy (non-hydrogen) atoms. The zero-order valence-electron chi connectivity index (χ0n) is 57.2. The molecule has 0 atom stereocenters. The first-order chi connectivity index (χ1) is 47.4. The first kappa shape index (κ1) is 80.6. The number of furan rings is 3. The second-order valence-electron chi connectivity index (χ2n) is 23.1. The number of rotatable bonds is 23. The normalized spacial score (nSPS) is 10.5. The Kier molecular flexibility index (Phi) is 31.6. The van der Waals surface area contributed by atoms with E-state index in [1.165, 1.54) is 0 Å². The molecule has 0 saturated carbocycles. The molecule has 0 saturated heterocycles. The Bertz CT molecular complexity index is 4710. The fourth-order valence-electron chi connectivity index (χ4n) is 11.0. The second kappa shape index (κ2) is 39.6. The van der Waals surface area contributed by atoms with Gasteiger partial charge in [-0.1, -0.05) is 115 Å². The number of para-hydroxylation sites is 3. The second-order valence-corrected chi connectivity index (χ2v) is 24.0. The fourth-order valence-corrected chi connectivity index (χ4v) is 11.6. The van der Waals surface area contributed by atoms with Crippen LogP contribution in [0.15, 0.2) is 219 Å². The van der Waals surface area contributed by atoms with Crippen LogP contribution < -0.4 is 55.7 Å². The molecule has 0 aliphatic heterocycles. The molecule has 0 bridgehead atoms. The molecule has 10 N–H and O–H groups in total. The van der Waals surface area contributed by atoms with E-state index in [0.29, 0.717) is 80.9 Å². The molecule has 18 nitrogen and oxygen atoms in total. The maximum absolute atomic E-state index is 11.9. The first-order valence-electron chi connectivity index (χ1n) is 32.0. The number of carboxylic acids is 1. The summed E-state index contributed by atoms with van der Waals surface area (Å²) in [7, 11) is -1.40. The molecule has 0 unspecified atom stereocenters. The quantitative estimate of drug-likeness (QED) is 0.0256. The third-order valence-corrected chi connectivity index (χ3v) is 16.5. The maximum atomic E-state index is 11.9. The van der Waals surface area contributed by atoms with E-state index in [1.54, 1.807) is 63.0 Å². The predicted octanol–water partition coefficient (Wildman–Crippen LogP) is 11.9. The van der Waals surface area contributed by atoms with Crippen molar-refractivity contribution < 1.29 is 90.8 Å². The van der Waals surface area contributed by atoms with Gasteiger partial charge in [0.15, 0.2) is 0 Å². The number of carbonyl (C=O) groups excluding carboxylic acids is 2. The van der Waals surface area contributed by atoms with Crippen LogP contribution in [0.5, 0.6) is 17.2 Å². The number of halogens is 2. The van der Waals surface area contributed by atoms with E-state index in [2.05, 4.69) is 64.5 Å². The molecule has 0 fully saturated rings. The third-order valence-electron chi connectivity index (χ3n) is 15.9. The van der Waals surface area contributed by atoms with Gasteiger partial charge in [-0.15, -0.1) is 12.4 Å². The van der Waals surface area contributed by atoms with Gasteiger partial charge in [0.25, 0.3) is 0 Å². The number of carbonyl (C=O) groups is 3. The molecule has 12 rings (SSSR count). The van der Waals surface area contributed by atoms with Gasteiger partial charge in [0.2, 0.25) is 0 Å². The summed E-state index contributed by atoms with van der Waals surface area (Å²) in [5.74, 6) is 0.545. The number of hydrogen-bond donors (Lipinski definition) is 6. The minimum atomic E-state index is -1.40. The van der Waals surface area contributed by atoms with Gasteiger partial charge in [0.1, 0.15) is 53.8 Å². The van der Waals surface area contributed by atoms with Crippen LogP contribution in [0.25, 0.3) is 55.2 Å². The molecule has 22 heteroatoms. The molecule has 0 spiro atoms. The number of hydrogen-bond acceptors (Lipinski definition) is 17. The molecule has 9 aromatic carbocycles. The van der Waals surface area contributed by atoms with Crippen molar-refractivity contribution in [1.29, 1.82) is 0 Å². The number of esters is 2. The van der Waals surface area contributed by atoms with Crippen molar-refractivity contribution in [3.05, 3.63) is 272 Å². The molecule has 0 aliphatic carbocycles. The Morgan fingerprint density at radius 2 is 0.812 bits per heavy atom. The van der Waals surface area contributed by atoms with Crippen LogP contribution in [0.1, 0.15) is 80.6 Å². The Morgan fingerprint density at radius 3 is 1.20 bits per heavy atom. The van der Waals surface area contributed by atoms with E-state index < -0.39 is 13.1 Å². The molecule has 3 heterocycles. The van der Waals surface area contributed by atoms with Crippen molar-refractivity contribution in [3.63, 3.8) is 0 Å². The minimum Gasteiger partial charge on any atom is -0.870 e. The largest absolute Gasteiger partial charge is 1.00 e. The van der Waals surface area contributed by atoms with Gasteiger partial charge in [0.05, 0.1) is 55.7 Å². The Balaban J connectivity index is 0.000000219. The van der Waals surface area contributed by atoms with Gasteiger partial charge in [-0.05, 0) is 184 Å². The van der Waals surface area contributed by atoms with Gasteiger partial charge in [-0.3, -0.25) is 14.4 Å². The smallest absolute Gasteiger partial charge is 0.870 e. The number of aliphatic carboxylic acids is 1. The summed E-state index contributed by atoms with van der Waals surface area (Å²) in [6.45, 7) is 12.8. The SMILES string of the molecule is CCOC(=O)Cc1ccccc1OCc1cc(-c2cccc(CN)c2)c2occ(C)c2c1.CCOC(=O)Cc1ccccc1OCc1cc(Br)c2occ(C)c2c1.Cc1coc2c(-c3cccc(CN)c3)cc(COc3ccccc3CC(=O)O)cc12.Cl.NCc1cccc(B(O)O)c1.[Li+].[OH-]. The number of fused-ring (bicyclic) bond motifs is 3. The summed E-state index contributed by atoms with van der Waals surface area (Å²) in [4.78, 5) is 34.8. The van der Waals surface area contributed by atoms with Gasteiger partial charge in [-0.25, -0.2) is 0 Å². The molecule has 3 aromatic heterocycles. The van der Waals surface area contributed by atoms with Gasteiger partial charge in [-0.2, -0.15) is 0 Å². The van der Waals surface area contributed by atoms with E-state index in [1.807, 2.05) is 124 Å². The van der Waals surface area contributed by atoms with Crippen LogP contribution >= 0.6 is 28.3 Å². The number of benzene rings is 9. The predicted molar refractivity (Wildman–Crippen MR) is 395 cm³/mol. The van der Waals surface area contributed by atoms with Gasteiger partial charge in [0, 0.05) is 63.6 Å². The summed E-state index contributed by atoms with van der Waals surface area (Å²) in [5.41, 5.74) is 35.6. The summed E-state index contributed by atoms with van der Waals surface area (Å²) in [5, 5.41) is 29.8. The molecule has 0 radical (unpaired) electrons. The van der Waals surface area contributed by atoms with Gasteiger partial charge < -0.3 is 74.8 Å². The minimum absolute atomic E-state index is 0. The first-order valence-corrected chi connectivity index (χ1v) is 32.8. The van der Waals surface area contributed by atoms with Crippen LogP contribution in [0.4, 0.5) is 0 Å². The van der Waals surface area contributed by atoms with Gasteiger partial charge >= 0.3 is 43.9 Å². The average Bonchev–Trinajstić information content (AvgIpc) is 1.72. The maximum Gasteiger partial charge on any atom is 1.00 e. The van der Waals surface area contributed by atoms with E-state index in [9.17, 15) is 14.4 Å². The number of ether oxygens (including phenoxy) is 5. The van der Waals surface area contributed by atoms with Crippen molar-refractivity contribution in [1.82, 2.24) is 0 Å². The summed E-state index contributed by atoms with van der Waals surface area (Å²) < 4.78 is 46.4. The fraction of sp³-hybridized carbons (Fsp3) is 0.203. The van der Waals surface area contributed by atoms with Crippen molar-refractivity contribution in [3.8, 4) is 39.5 Å². The number of nitrogens with two attached hydrogens (primary N) is 3. The van der Waals surface area contributed by atoms with Crippen molar-refractivity contribution in [2.45, 2.75) is 93.3 Å². The van der Waals surface area contributed by atoms with Crippen LogP contribution in [-0.2, 0) is 82.6 Å². The number of aryl methyl sites for hydroxylation is 3. The standard InChI is InChI=1S/C27H27NO4.C25H23NO4.C20H19BrO4.C7H10BNO2.ClH.Li.H2O/c1-3-30-26(29)14-22-8-4-5-10-25(22)31-17-20-12-23-18(2)16-32-27(23)24(13-20)21-9-6-7-19(11-21)15-28;1-16-14-30-25-21(16)10-18(11-22(25)19-7-4-5-17(9-19)13-26)15-29-23-8-3-2-6-20(23)12-24(27)28;1-3-23-19(22)10-15-6-4-5-7-18(15)24-12-14-8-16-13(2)11-25-20(16)17(21)9-14;9-5-6-2-1-3-7(4-6)8(10)11;;;/h4-13,16H,3,14-15,17,28H2,1-2H3;2-11,14H,12-13,15,26H2,1H3,(H,27,28);4-9,11H,3,10,12H2,1-2H3;1-4,10-11H,5,9H2;1H;;1H2/q;;;;;+1;/p-1. The van der Waals surface area contributed by atoms with Crippen LogP contribution in [0, 0.1) is 20.8 Å². The van der Waals surface area contributed by atoms with Crippen LogP contribution in [0.3, 0.4) is 0 Å². The summed E-state index contributed by atoms with van der Waals surface area (Å²) in [6, 6.07) is 57.8. The van der Waals surface area contributed by atoms with Crippen molar-refractivity contribution in [2.75, 3.05) is 13.2 Å². The molecular formula is C79H81BBrClLiN3O15.